The first kappa shape index (κ1) is 12.0. The lowest BCUT2D eigenvalue weighted by atomic mass is 10.1. The summed E-state index contributed by atoms with van der Waals surface area (Å²) >= 11 is 0. The zero-order valence-corrected chi connectivity index (χ0v) is 8.87. The molecule has 0 aromatic rings. The summed E-state index contributed by atoms with van der Waals surface area (Å²) in [6.07, 6.45) is 7.40. The van der Waals surface area contributed by atoms with Crippen molar-refractivity contribution in [3.05, 3.63) is 0 Å². The molecule has 4 nitrogen and oxygen atoms in total. The second-order valence-corrected chi connectivity index (χ2v) is 3.82. The van der Waals surface area contributed by atoms with Crippen LogP contribution in [0.15, 0.2) is 0 Å². The van der Waals surface area contributed by atoms with Crippen LogP contribution < -0.4 is 11.1 Å². The van der Waals surface area contributed by atoms with Gasteiger partial charge in [0.25, 0.3) is 0 Å². The van der Waals surface area contributed by atoms with Crippen molar-refractivity contribution in [2.24, 2.45) is 11.7 Å². The van der Waals surface area contributed by atoms with Crippen molar-refractivity contribution in [2.75, 3.05) is 19.8 Å². The molecule has 2 atom stereocenters. The molecular weight excluding hydrogens is 192 g/mol. The topological polar surface area (TPSA) is 64.4 Å². The van der Waals surface area contributed by atoms with Gasteiger partial charge in [0.15, 0.2) is 0 Å². The average Bonchev–Trinajstić information content (AvgIpc) is 2.71. The lowest BCUT2D eigenvalue weighted by molar-refractivity contribution is -0.122. The zero-order valence-electron chi connectivity index (χ0n) is 8.87. The molecule has 84 valence electrons. The van der Waals surface area contributed by atoms with Crippen molar-refractivity contribution >= 4 is 5.91 Å². The lowest BCUT2D eigenvalue weighted by Crippen LogP contribution is -2.41. The minimum atomic E-state index is -0.574. The zero-order chi connectivity index (χ0) is 11.1. The summed E-state index contributed by atoms with van der Waals surface area (Å²) in [5.41, 5.74) is 5.54. The third-order valence-electron chi connectivity index (χ3n) is 2.55. The fraction of sp³-hybridized carbons (Fsp3) is 0.727. The maximum atomic E-state index is 11.3. The van der Waals surface area contributed by atoms with Gasteiger partial charge in [-0.15, -0.1) is 12.3 Å². The Hall–Kier alpha value is -1.05. The maximum absolute atomic E-state index is 11.3. The Balaban J connectivity index is 2.08. The van der Waals surface area contributed by atoms with Gasteiger partial charge in [0.2, 0.25) is 5.91 Å². The van der Waals surface area contributed by atoms with Gasteiger partial charge in [-0.05, 0) is 18.8 Å². The fourth-order valence-corrected chi connectivity index (χ4v) is 1.56. The molecule has 1 saturated heterocycles. The van der Waals surface area contributed by atoms with Crippen LogP contribution in [0.25, 0.3) is 0 Å². The first-order chi connectivity index (χ1) is 7.24. The summed E-state index contributed by atoms with van der Waals surface area (Å²) in [5, 5.41) is 2.78. The first-order valence-corrected chi connectivity index (χ1v) is 5.28. The van der Waals surface area contributed by atoms with Crippen LogP contribution >= 0.6 is 0 Å². The van der Waals surface area contributed by atoms with E-state index in [1.54, 1.807) is 0 Å². The van der Waals surface area contributed by atoms with E-state index in [0.717, 1.165) is 26.1 Å². The van der Waals surface area contributed by atoms with E-state index in [1.807, 2.05) is 0 Å². The van der Waals surface area contributed by atoms with Crippen molar-refractivity contribution in [1.29, 1.82) is 0 Å². The van der Waals surface area contributed by atoms with Crippen LogP contribution in [0.1, 0.15) is 19.3 Å². The van der Waals surface area contributed by atoms with Gasteiger partial charge in [-0.1, -0.05) is 0 Å². The number of nitrogens with one attached hydrogen (secondary N) is 1. The Bertz CT molecular complexity index is 241. The van der Waals surface area contributed by atoms with Crippen LogP contribution in [0.3, 0.4) is 0 Å². The number of rotatable bonds is 5. The Morgan fingerprint density at radius 2 is 2.53 bits per heavy atom. The SMILES string of the molecule is C#CCC(N)C(=O)NCCC1CCOC1. The van der Waals surface area contributed by atoms with Gasteiger partial charge in [-0.25, -0.2) is 0 Å². The fourth-order valence-electron chi connectivity index (χ4n) is 1.56. The van der Waals surface area contributed by atoms with Crippen molar-refractivity contribution in [1.82, 2.24) is 5.32 Å². The Kier molecular flexibility index (Phi) is 5.16. The highest BCUT2D eigenvalue weighted by Gasteiger charge is 2.16. The number of terminal acetylenes is 1. The molecule has 0 aromatic carbocycles. The quantitative estimate of drug-likeness (QED) is 0.622. The molecule has 0 bridgehead atoms. The number of carbonyl (C=O) groups is 1. The van der Waals surface area contributed by atoms with E-state index in [0.29, 0.717) is 18.9 Å². The molecule has 0 saturated carbocycles. The molecular formula is C11H18N2O2. The summed E-state index contributed by atoms with van der Waals surface area (Å²) in [4.78, 5) is 11.3. The van der Waals surface area contributed by atoms with E-state index >= 15 is 0 Å². The molecule has 1 aliphatic rings. The van der Waals surface area contributed by atoms with Crippen LogP contribution in [0.2, 0.25) is 0 Å². The largest absolute Gasteiger partial charge is 0.381 e. The van der Waals surface area contributed by atoms with Crippen molar-refractivity contribution in [3.63, 3.8) is 0 Å². The number of nitrogens with two attached hydrogens (primary N) is 1. The second kappa shape index (κ2) is 6.44. The minimum absolute atomic E-state index is 0.160. The van der Waals surface area contributed by atoms with Crippen molar-refractivity contribution in [2.45, 2.75) is 25.3 Å². The monoisotopic (exact) mass is 210 g/mol. The molecule has 15 heavy (non-hydrogen) atoms. The van der Waals surface area contributed by atoms with Crippen LogP contribution in [-0.4, -0.2) is 31.7 Å². The molecule has 1 amide bonds. The number of hydrogen-bond acceptors (Lipinski definition) is 3. The molecule has 1 rings (SSSR count). The van der Waals surface area contributed by atoms with Crippen LogP contribution in [0.4, 0.5) is 0 Å². The maximum Gasteiger partial charge on any atom is 0.237 e. The minimum Gasteiger partial charge on any atom is -0.381 e. The summed E-state index contributed by atoms with van der Waals surface area (Å²) in [7, 11) is 0. The number of amides is 1. The molecule has 4 heteroatoms. The molecule has 3 N–H and O–H groups in total. The molecule has 2 unspecified atom stereocenters. The van der Waals surface area contributed by atoms with E-state index < -0.39 is 6.04 Å². The summed E-state index contributed by atoms with van der Waals surface area (Å²) in [6, 6.07) is -0.574. The van der Waals surface area contributed by atoms with E-state index in [9.17, 15) is 4.79 Å². The Labute approximate surface area is 90.5 Å². The van der Waals surface area contributed by atoms with Crippen molar-refractivity contribution in [3.8, 4) is 12.3 Å². The third kappa shape index (κ3) is 4.32. The number of ether oxygens (including phenoxy) is 1. The second-order valence-electron chi connectivity index (χ2n) is 3.82. The van der Waals surface area contributed by atoms with E-state index in [4.69, 9.17) is 16.9 Å². The normalized spacial score (nSPS) is 22.0. The molecule has 0 aromatic heterocycles. The average molecular weight is 210 g/mol. The van der Waals surface area contributed by atoms with Crippen LogP contribution in [0.5, 0.6) is 0 Å². The van der Waals surface area contributed by atoms with Crippen LogP contribution in [0, 0.1) is 18.3 Å². The standard InChI is InChI=1S/C11H18N2O2/c1-2-3-10(12)11(14)13-6-4-9-5-7-15-8-9/h1,9-10H,3-8,12H2,(H,13,14). The van der Waals surface area contributed by atoms with Gasteiger partial charge in [-0.3, -0.25) is 4.79 Å². The highest BCUT2D eigenvalue weighted by atomic mass is 16.5. The van der Waals surface area contributed by atoms with Gasteiger partial charge in [0.1, 0.15) is 0 Å². The van der Waals surface area contributed by atoms with Gasteiger partial charge in [-0.2, -0.15) is 0 Å². The first-order valence-electron chi connectivity index (χ1n) is 5.28. The summed E-state index contributed by atoms with van der Waals surface area (Å²) in [6.45, 7) is 2.31. The van der Waals surface area contributed by atoms with Gasteiger partial charge in [0, 0.05) is 26.2 Å². The highest BCUT2D eigenvalue weighted by Crippen LogP contribution is 2.15. The van der Waals surface area contributed by atoms with Gasteiger partial charge < -0.3 is 15.8 Å². The third-order valence-corrected chi connectivity index (χ3v) is 2.55. The summed E-state index contributed by atoms with van der Waals surface area (Å²) < 4.78 is 5.24. The van der Waals surface area contributed by atoms with Gasteiger partial charge in [0.05, 0.1) is 6.04 Å². The molecule has 1 heterocycles. The smallest absolute Gasteiger partial charge is 0.237 e. The van der Waals surface area contributed by atoms with Crippen LogP contribution in [-0.2, 0) is 9.53 Å². The number of hydrogen-bond donors (Lipinski definition) is 2. The molecule has 0 aliphatic carbocycles. The summed E-state index contributed by atoms with van der Waals surface area (Å²) in [5.74, 6) is 2.79. The predicted molar refractivity (Wildman–Crippen MR) is 58.0 cm³/mol. The lowest BCUT2D eigenvalue weighted by Gasteiger charge is -2.11. The van der Waals surface area contributed by atoms with E-state index in [2.05, 4.69) is 11.2 Å². The Morgan fingerprint density at radius 3 is 3.13 bits per heavy atom. The molecule has 1 aliphatic heterocycles. The Morgan fingerprint density at radius 1 is 1.73 bits per heavy atom. The van der Waals surface area contributed by atoms with Gasteiger partial charge >= 0.3 is 0 Å². The van der Waals surface area contributed by atoms with Crippen molar-refractivity contribution < 1.29 is 9.53 Å². The molecule has 0 spiro atoms. The molecule has 1 fully saturated rings. The highest BCUT2D eigenvalue weighted by molar-refractivity contribution is 5.81. The predicted octanol–water partition coefficient (Wildman–Crippen LogP) is -0.120. The van der Waals surface area contributed by atoms with E-state index in [1.165, 1.54) is 0 Å². The van der Waals surface area contributed by atoms with E-state index in [-0.39, 0.29) is 5.91 Å². The number of carbonyl (C=O) groups excluding carboxylic acids is 1. The molecule has 0 radical (unpaired) electrons.